The molecule has 0 fully saturated rings. The molecule has 0 spiro atoms. The second kappa shape index (κ2) is 7.04. The minimum Gasteiger partial charge on any atom is -0.489 e. The predicted octanol–water partition coefficient (Wildman–Crippen LogP) is 2.57. The van der Waals surface area contributed by atoms with Gasteiger partial charge in [0.05, 0.1) is 0 Å². The minimum atomic E-state index is -3.68. The lowest BCUT2D eigenvalue weighted by atomic mass is 10.3. The molecule has 0 atom stereocenters. The van der Waals surface area contributed by atoms with E-state index in [0.29, 0.717) is 0 Å². The van der Waals surface area contributed by atoms with Crippen molar-refractivity contribution in [2.75, 3.05) is 20.2 Å². The van der Waals surface area contributed by atoms with Crippen LogP contribution >= 0.6 is 11.6 Å². The van der Waals surface area contributed by atoms with Gasteiger partial charge in [-0.1, -0.05) is 23.7 Å². The third-order valence-electron chi connectivity index (χ3n) is 2.91. The molecule has 2 rings (SSSR count). The summed E-state index contributed by atoms with van der Waals surface area (Å²) in [7, 11) is -2.27. The highest BCUT2D eigenvalue weighted by atomic mass is 35.5. The lowest BCUT2D eigenvalue weighted by Gasteiger charge is -2.17. The Labute approximate surface area is 133 Å². The maximum absolute atomic E-state index is 13.4. The molecule has 0 radical (unpaired) electrons. The van der Waals surface area contributed by atoms with Crippen LogP contribution in [0, 0.1) is 5.82 Å². The van der Waals surface area contributed by atoms with E-state index in [2.05, 4.69) is 4.98 Å². The summed E-state index contributed by atoms with van der Waals surface area (Å²) in [5.41, 5.74) is 0. The number of benzene rings is 1. The SMILES string of the molecule is CN(CCOc1ccccc1F)S(=O)(=O)c1ccc(Cl)nc1. The number of likely N-dealkylation sites (N-methyl/N-ethyl adjacent to an activating group) is 1. The number of aromatic nitrogens is 1. The lowest BCUT2D eigenvalue weighted by Crippen LogP contribution is -2.31. The number of halogens is 2. The zero-order valence-corrected chi connectivity index (χ0v) is 13.3. The second-order valence-corrected chi connectivity index (χ2v) is 6.85. The Morgan fingerprint density at radius 2 is 2.00 bits per heavy atom. The van der Waals surface area contributed by atoms with Crippen molar-refractivity contribution < 1.29 is 17.5 Å². The Kier molecular flexibility index (Phi) is 5.33. The standard InChI is InChI=1S/C14H14ClFN2O3S/c1-18(8-9-21-13-5-3-2-4-12(13)16)22(19,20)11-6-7-14(15)17-10-11/h2-7,10H,8-9H2,1H3. The third kappa shape index (κ3) is 3.94. The number of ether oxygens (including phenoxy) is 1. The number of sulfonamides is 1. The number of pyridine rings is 1. The molecule has 0 aliphatic heterocycles. The number of hydrogen-bond acceptors (Lipinski definition) is 4. The van der Waals surface area contributed by atoms with Crippen molar-refractivity contribution in [2.24, 2.45) is 0 Å². The smallest absolute Gasteiger partial charge is 0.244 e. The van der Waals surface area contributed by atoms with E-state index in [1.165, 1.54) is 37.5 Å². The van der Waals surface area contributed by atoms with Crippen LogP contribution in [0.25, 0.3) is 0 Å². The summed E-state index contributed by atoms with van der Waals surface area (Å²) in [6.45, 7) is 0.0942. The van der Waals surface area contributed by atoms with Gasteiger partial charge < -0.3 is 4.74 Å². The van der Waals surface area contributed by atoms with E-state index in [1.807, 2.05) is 0 Å². The summed E-state index contributed by atoms with van der Waals surface area (Å²) >= 11 is 5.63. The van der Waals surface area contributed by atoms with Gasteiger partial charge in [-0.3, -0.25) is 0 Å². The summed E-state index contributed by atoms with van der Waals surface area (Å²) in [5, 5.41) is 0.212. The Hall–Kier alpha value is -1.70. The molecule has 0 bridgehead atoms. The largest absolute Gasteiger partial charge is 0.489 e. The zero-order valence-electron chi connectivity index (χ0n) is 11.7. The highest BCUT2D eigenvalue weighted by Crippen LogP contribution is 2.17. The van der Waals surface area contributed by atoms with Crippen LogP contribution in [0.1, 0.15) is 0 Å². The molecule has 5 nitrogen and oxygen atoms in total. The molecule has 0 unspecified atom stereocenters. The van der Waals surface area contributed by atoms with Gasteiger partial charge in [0.2, 0.25) is 10.0 Å². The zero-order chi connectivity index (χ0) is 16.2. The predicted molar refractivity (Wildman–Crippen MR) is 81.0 cm³/mol. The molecule has 1 heterocycles. The quantitative estimate of drug-likeness (QED) is 0.756. The topological polar surface area (TPSA) is 59.5 Å². The van der Waals surface area contributed by atoms with Gasteiger partial charge in [-0.05, 0) is 24.3 Å². The first-order valence-electron chi connectivity index (χ1n) is 6.36. The average molecular weight is 345 g/mol. The van der Waals surface area contributed by atoms with E-state index >= 15 is 0 Å². The molecular formula is C14H14ClFN2O3S. The Morgan fingerprint density at radius 3 is 2.64 bits per heavy atom. The molecule has 118 valence electrons. The summed E-state index contributed by atoms with van der Waals surface area (Å²) in [4.78, 5) is 3.78. The number of hydrogen-bond donors (Lipinski definition) is 0. The molecule has 0 saturated carbocycles. The second-order valence-electron chi connectivity index (χ2n) is 4.42. The van der Waals surface area contributed by atoms with Crippen molar-refractivity contribution >= 4 is 21.6 Å². The van der Waals surface area contributed by atoms with Gasteiger partial charge in [0, 0.05) is 19.8 Å². The monoisotopic (exact) mass is 344 g/mol. The molecule has 22 heavy (non-hydrogen) atoms. The number of rotatable bonds is 6. The molecule has 0 aliphatic carbocycles. The van der Waals surface area contributed by atoms with Crippen LogP contribution in [0.3, 0.4) is 0 Å². The Balaban J connectivity index is 1.98. The van der Waals surface area contributed by atoms with Gasteiger partial charge >= 0.3 is 0 Å². The van der Waals surface area contributed by atoms with Crippen LogP contribution in [0.2, 0.25) is 5.15 Å². The van der Waals surface area contributed by atoms with Gasteiger partial charge in [0.15, 0.2) is 11.6 Å². The lowest BCUT2D eigenvalue weighted by molar-refractivity contribution is 0.275. The highest BCUT2D eigenvalue weighted by Gasteiger charge is 2.21. The summed E-state index contributed by atoms with van der Waals surface area (Å²) in [6.07, 6.45) is 1.19. The van der Waals surface area contributed by atoms with Crippen LogP contribution < -0.4 is 4.74 Å². The fourth-order valence-electron chi connectivity index (χ4n) is 1.66. The van der Waals surface area contributed by atoms with Crippen LogP contribution in [-0.4, -0.2) is 37.9 Å². The van der Waals surface area contributed by atoms with Crippen molar-refractivity contribution in [2.45, 2.75) is 4.90 Å². The molecule has 0 saturated heterocycles. The van der Waals surface area contributed by atoms with Crippen LogP contribution in [0.15, 0.2) is 47.5 Å². The Morgan fingerprint density at radius 1 is 1.27 bits per heavy atom. The van der Waals surface area contributed by atoms with Crippen molar-refractivity contribution in [3.63, 3.8) is 0 Å². The van der Waals surface area contributed by atoms with Gasteiger partial charge in [-0.15, -0.1) is 0 Å². The molecular weight excluding hydrogens is 331 g/mol. The van der Waals surface area contributed by atoms with E-state index in [9.17, 15) is 12.8 Å². The maximum atomic E-state index is 13.4. The first-order chi connectivity index (χ1) is 10.4. The summed E-state index contributed by atoms with van der Waals surface area (Å²) in [5.74, 6) is -0.406. The average Bonchev–Trinajstić information content (AvgIpc) is 2.49. The van der Waals surface area contributed by atoms with Gasteiger partial charge in [-0.25, -0.2) is 17.8 Å². The fraction of sp³-hybridized carbons (Fsp3) is 0.214. The van der Waals surface area contributed by atoms with E-state index in [0.717, 1.165) is 4.31 Å². The number of nitrogens with zero attached hydrogens (tertiary/aromatic N) is 2. The minimum absolute atomic E-state index is 0.0255. The summed E-state index contributed by atoms with van der Waals surface area (Å²) in [6, 6.07) is 8.71. The molecule has 2 aromatic rings. The molecule has 8 heteroatoms. The van der Waals surface area contributed by atoms with E-state index in [4.69, 9.17) is 16.3 Å². The van der Waals surface area contributed by atoms with E-state index in [1.54, 1.807) is 12.1 Å². The summed E-state index contributed by atoms with van der Waals surface area (Å²) < 4.78 is 44.3. The van der Waals surface area contributed by atoms with E-state index < -0.39 is 15.8 Å². The fourth-order valence-corrected chi connectivity index (χ4v) is 2.87. The van der Waals surface area contributed by atoms with Crippen molar-refractivity contribution in [1.29, 1.82) is 0 Å². The van der Waals surface area contributed by atoms with Crippen molar-refractivity contribution in [3.8, 4) is 5.75 Å². The molecule has 1 aromatic heterocycles. The van der Waals surface area contributed by atoms with Gasteiger partial charge in [-0.2, -0.15) is 4.31 Å². The van der Waals surface area contributed by atoms with Gasteiger partial charge in [0.1, 0.15) is 16.7 Å². The molecule has 0 amide bonds. The van der Waals surface area contributed by atoms with Crippen LogP contribution in [0.4, 0.5) is 4.39 Å². The highest BCUT2D eigenvalue weighted by molar-refractivity contribution is 7.89. The van der Waals surface area contributed by atoms with Crippen LogP contribution in [0.5, 0.6) is 5.75 Å². The van der Waals surface area contributed by atoms with Crippen molar-refractivity contribution in [1.82, 2.24) is 9.29 Å². The van der Waals surface area contributed by atoms with Crippen molar-refractivity contribution in [3.05, 3.63) is 53.6 Å². The maximum Gasteiger partial charge on any atom is 0.244 e. The first-order valence-corrected chi connectivity index (χ1v) is 8.18. The van der Waals surface area contributed by atoms with Gasteiger partial charge in [0.25, 0.3) is 0 Å². The molecule has 0 aliphatic rings. The molecule has 0 N–H and O–H groups in total. The molecule has 1 aromatic carbocycles. The number of para-hydroxylation sites is 1. The Bertz CT molecular complexity index is 738. The third-order valence-corrected chi connectivity index (χ3v) is 4.97. The first kappa shape index (κ1) is 16.7. The van der Waals surface area contributed by atoms with Crippen LogP contribution in [-0.2, 0) is 10.0 Å². The normalized spacial score (nSPS) is 11.6. The van der Waals surface area contributed by atoms with E-state index in [-0.39, 0.29) is 28.9 Å².